The van der Waals surface area contributed by atoms with E-state index < -0.39 is 0 Å². The molecule has 0 amide bonds. The van der Waals surface area contributed by atoms with E-state index in [4.69, 9.17) is 9.15 Å². The van der Waals surface area contributed by atoms with Gasteiger partial charge in [0.15, 0.2) is 0 Å². The third-order valence-electron chi connectivity index (χ3n) is 2.56. The van der Waals surface area contributed by atoms with Crippen LogP contribution in [-0.4, -0.2) is 0 Å². The Kier molecular flexibility index (Phi) is 3.11. The minimum absolute atomic E-state index is 0.390. The molecule has 2 heteroatoms. The molecule has 0 spiro atoms. The average molecular weight is 216 g/mol. The number of hydrogen-bond donors (Lipinski definition) is 0. The van der Waals surface area contributed by atoms with Crippen LogP contribution in [-0.2, 0) is 16.9 Å². The maximum Gasteiger partial charge on any atom is 0.135 e. The molecule has 0 aliphatic carbocycles. The Balaban J connectivity index is 2.00. The molecule has 0 bridgehead atoms. The fourth-order valence-corrected chi connectivity index (χ4v) is 1.53. The topological polar surface area (TPSA) is 22.4 Å². The lowest BCUT2D eigenvalue weighted by Gasteiger charge is -2.22. The van der Waals surface area contributed by atoms with Gasteiger partial charge in [0, 0.05) is 0 Å². The molecule has 0 N–H and O–H groups in total. The molecule has 0 aliphatic heterocycles. The third-order valence-corrected chi connectivity index (χ3v) is 2.56. The van der Waals surface area contributed by atoms with Crippen molar-refractivity contribution >= 4 is 0 Å². The second-order valence-corrected chi connectivity index (χ2v) is 4.26. The highest BCUT2D eigenvalue weighted by Crippen LogP contribution is 2.26. The summed E-state index contributed by atoms with van der Waals surface area (Å²) in [4.78, 5) is 0. The van der Waals surface area contributed by atoms with Gasteiger partial charge in [-0.05, 0) is 31.5 Å². The molecule has 0 fully saturated rings. The van der Waals surface area contributed by atoms with E-state index in [1.807, 2.05) is 44.2 Å². The van der Waals surface area contributed by atoms with E-state index in [1.165, 1.54) is 5.56 Å². The van der Waals surface area contributed by atoms with Crippen molar-refractivity contribution in [3.63, 3.8) is 0 Å². The summed E-state index contributed by atoms with van der Waals surface area (Å²) < 4.78 is 11.2. The standard InChI is InChI=1S/C14H16O2/c1-14(2,13-9-6-10-15-13)16-11-12-7-4-3-5-8-12/h3-10H,11H2,1-2H3. The van der Waals surface area contributed by atoms with Gasteiger partial charge < -0.3 is 9.15 Å². The van der Waals surface area contributed by atoms with E-state index in [0.717, 1.165) is 5.76 Å². The minimum atomic E-state index is -0.390. The van der Waals surface area contributed by atoms with Gasteiger partial charge in [-0.3, -0.25) is 0 Å². The van der Waals surface area contributed by atoms with Crippen molar-refractivity contribution in [1.29, 1.82) is 0 Å². The van der Waals surface area contributed by atoms with Crippen LogP contribution in [0.1, 0.15) is 25.2 Å². The molecule has 2 rings (SSSR count). The highest BCUT2D eigenvalue weighted by molar-refractivity contribution is 5.14. The van der Waals surface area contributed by atoms with E-state index in [1.54, 1.807) is 6.26 Å². The first-order valence-corrected chi connectivity index (χ1v) is 5.40. The Morgan fingerprint density at radius 3 is 2.44 bits per heavy atom. The highest BCUT2D eigenvalue weighted by atomic mass is 16.5. The first-order valence-electron chi connectivity index (χ1n) is 5.40. The van der Waals surface area contributed by atoms with E-state index in [-0.39, 0.29) is 5.60 Å². The van der Waals surface area contributed by atoms with Gasteiger partial charge in [0.2, 0.25) is 0 Å². The van der Waals surface area contributed by atoms with Crippen molar-refractivity contribution in [2.45, 2.75) is 26.1 Å². The lowest BCUT2D eigenvalue weighted by atomic mass is 10.1. The zero-order chi connectivity index (χ0) is 11.4. The lowest BCUT2D eigenvalue weighted by Crippen LogP contribution is -2.20. The predicted octanol–water partition coefficient (Wildman–Crippen LogP) is 3.73. The van der Waals surface area contributed by atoms with E-state index in [2.05, 4.69) is 12.1 Å². The summed E-state index contributed by atoms with van der Waals surface area (Å²) >= 11 is 0. The molecule has 2 aromatic rings. The molecule has 1 aromatic carbocycles. The van der Waals surface area contributed by atoms with Crippen LogP contribution in [0.5, 0.6) is 0 Å². The minimum Gasteiger partial charge on any atom is -0.466 e. The first kappa shape index (κ1) is 11.0. The smallest absolute Gasteiger partial charge is 0.135 e. The van der Waals surface area contributed by atoms with Gasteiger partial charge in [0.05, 0.1) is 12.9 Å². The van der Waals surface area contributed by atoms with Crippen molar-refractivity contribution in [3.8, 4) is 0 Å². The van der Waals surface area contributed by atoms with E-state index in [0.29, 0.717) is 6.61 Å². The Hall–Kier alpha value is -1.54. The summed E-state index contributed by atoms with van der Waals surface area (Å²) in [6.07, 6.45) is 1.67. The van der Waals surface area contributed by atoms with Crippen LogP contribution in [0, 0.1) is 0 Å². The summed E-state index contributed by atoms with van der Waals surface area (Å²) in [5.41, 5.74) is 0.779. The molecule has 1 heterocycles. The largest absolute Gasteiger partial charge is 0.466 e. The second-order valence-electron chi connectivity index (χ2n) is 4.26. The summed E-state index contributed by atoms with van der Waals surface area (Å²) in [5.74, 6) is 0.850. The molecule has 0 unspecified atom stereocenters. The molecular weight excluding hydrogens is 200 g/mol. The molecule has 0 saturated heterocycles. The number of ether oxygens (including phenoxy) is 1. The Morgan fingerprint density at radius 1 is 1.06 bits per heavy atom. The van der Waals surface area contributed by atoms with Crippen LogP contribution in [0.3, 0.4) is 0 Å². The maximum atomic E-state index is 5.87. The van der Waals surface area contributed by atoms with E-state index >= 15 is 0 Å². The zero-order valence-corrected chi connectivity index (χ0v) is 9.64. The fourth-order valence-electron chi connectivity index (χ4n) is 1.53. The van der Waals surface area contributed by atoms with Crippen molar-refractivity contribution < 1.29 is 9.15 Å². The highest BCUT2D eigenvalue weighted by Gasteiger charge is 2.24. The number of benzene rings is 1. The lowest BCUT2D eigenvalue weighted by molar-refractivity contribution is -0.0480. The molecule has 16 heavy (non-hydrogen) atoms. The monoisotopic (exact) mass is 216 g/mol. The van der Waals surface area contributed by atoms with Crippen LogP contribution < -0.4 is 0 Å². The van der Waals surface area contributed by atoms with Crippen molar-refractivity contribution in [2.24, 2.45) is 0 Å². The zero-order valence-electron chi connectivity index (χ0n) is 9.64. The van der Waals surface area contributed by atoms with E-state index in [9.17, 15) is 0 Å². The quantitative estimate of drug-likeness (QED) is 0.777. The number of rotatable bonds is 4. The molecule has 1 aromatic heterocycles. The third kappa shape index (κ3) is 2.52. The summed E-state index contributed by atoms with van der Waals surface area (Å²) in [5, 5.41) is 0. The molecular formula is C14H16O2. The van der Waals surface area contributed by atoms with Crippen LogP contribution >= 0.6 is 0 Å². The SMILES string of the molecule is CC(C)(OCc1ccccc1)c1ccco1. The molecule has 0 radical (unpaired) electrons. The number of furan rings is 1. The normalized spacial score (nSPS) is 11.6. The molecule has 0 atom stereocenters. The Morgan fingerprint density at radius 2 is 1.81 bits per heavy atom. The van der Waals surface area contributed by atoms with Crippen molar-refractivity contribution in [2.75, 3.05) is 0 Å². The van der Waals surface area contributed by atoms with Gasteiger partial charge in [0.1, 0.15) is 11.4 Å². The summed E-state index contributed by atoms with van der Waals surface area (Å²) in [6, 6.07) is 13.9. The Labute approximate surface area is 95.9 Å². The van der Waals surface area contributed by atoms with Crippen LogP contribution in [0.25, 0.3) is 0 Å². The van der Waals surface area contributed by atoms with Crippen molar-refractivity contribution in [1.82, 2.24) is 0 Å². The molecule has 2 nitrogen and oxygen atoms in total. The van der Waals surface area contributed by atoms with Crippen LogP contribution in [0.15, 0.2) is 53.1 Å². The fraction of sp³-hybridized carbons (Fsp3) is 0.286. The van der Waals surface area contributed by atoms with Crippen LogP contribution in [0.2, 0.25) is 0 Å². The summed E-state index contributed by atoms with van der Waals surface area (Å²) in [7, 11) is 0. The molecule has 0 saturated carbocycles. The van der Waals surface area contributed by atoms with Gasteiger partial charge in [0.25, 0.3) is 0 Å². The Bertz CT molecular complexity index is 415. The van der Waals surface area contributed by atoms with Gasteiger partial charge in [-0.2, -0.15) is 0 Å². The predicted molar refractivity (Wildman–Crippen MR) is 63.0 cm³/mol. The van der Waals surface area contributed by atoms with Gasteiger partial charge >= 0.3 is 0 Å². The molecule has 84 valence electrons. The van der Waals surface area contributed by atoms with Gasteiger partial charge in [-0.1, -0.05) is 30.3 Å². The summed E-state index contributed by atoms with van der Waals surface area (Å²) in [6.45, 7) is 4.61. The van der Waals surface area contributed by atoms with Gasteiger partial charge in [-0.15, -0.1) is 0 Å². The number of hydrogen-bond acceptors (Lipinski definition) is 2. The van der Waals surface area contributed by atoms with Gasteiger partial charge in [-0.25, -0.2) is 0 Å². The second kappa shape index (κ2) is 4.54. The van der Waals surface area contributed by atoms with Crippen LogP contribution in [0.4, 0.5) is 0 Å². The molecule has 0 aliphatic rings. The van der Waals surface area contributed by atoms with Crippen molar-refractivity contribution in [3.05, 3.63) is 60.1 Å². The first-order chi connectivity index (χ1) is 7.68. The average Bonchev–Trinajstić information content (AvgIpc) is 2.82. The maximum absolute atomic E-state index is 5.87.